The maximum Gasteiger partial charge on any atom is 0.149 e. The van der Waals surface area contributed by atoms with Gasteiger partial charge in [0, 0.05) is 12.6 Å². The second kappa shape index (κ2) is 4.11. The van der Waals surface area contributed by atoms with Crippen molar-refractivity contribution in [2.24, 2.45) is 0 Å². The van der Waals surface area contributed by atoms with Crippen LogP contribution in [0.1, 0.15) is 12.8 Å². The topological polar surface area (TPSA) is 49.2 Å². The van der Waals surface area contributed by atoms with Gasteiger partial charge in [-0.15, -0.1) is 0 Å². The first-order chi connectivity index (χ1) is 6.81. The molecule has 0 spiro atoms. The fraction of sp³-hybridized carbons (Fsp3) is 0.556. The summed E-state index contributed by atoms with van der Waals surface area (Å²) in [5.74, 6) is 0.758. The highest BCUT2D eigenvalue weighted by Gasteiger charge is 2.29. The molecule has 1 aliphatic rings. The first-order valence-electron chi connectivity index (χ1n) is 4.66. The third-order valence-corrected chi connectivity index (χ3v) is 2.40. The third-order valence-electron chi connectivity index (χ3n) is 2.22. The second-order valence-electron chi connectivity index (χ2n) is 3.35. The molecule has 1 saturated carbocycles. The van der Waals surface area contributed by atoms with E-state index in [0.29, 0.717) is 17.7 Å². The van der Waals surface area contributed by atoms with E-state index in [1.54, 1.807) is 6.20 Å². The van der Waals surface area contributed by atoms with Crippen molar-refractivity contribution in [2.75, 3.05) is 18.1 Å². The zero-order chi connectivity index (χ0) is 9.97. The Bertz CT molecular complexity index is 317. The summed E-state index contributed by atoms with van der Waals surface area (Å²) in [5.41, 5.74) is 0. The van der Waals surface area contributed by atoms with Gasteiger partial charge >= 0.3 is 0 Å². The van der Waals surface area contributed by atoms with Gasteiger partial charge in [0.05, 0.1) is 19.0 Å². The average Bonchev–Trinajstić information content (AvgIpc) is 2.97. The number of halogens is 1. The molecule has 1 aliphatic carbocycles. The maximum absolute atomic E-state index is 8.92. The van der Waals surface area contributed by atoms with Crippen molar-refractivity contribution in [3.63, 3.8) is 0 Å². The Hall–Kier alpha value is -0.870. The minimum absolute atomic E-state index is 0.130. The van der Waals surface area contributed by atoms with Gasteiger partial charge in [0.15, 0.2) is 0 Å². The summed E-state index contributed by atoms with van der Waals surface area (Å²) in [6, 6.07) is 0.509. The SMILES string of the molecule is OCCN(c1cncc(Cl)n1)C1CC1. The van der Waals surface area contributed by atoms with Crippen LogP contribution >= 0.6 is 11.6 Å². The lowest BCUT2D eigenvalue weighted by Crippen LogP contribution is -2.29. The van der Waals surface area contributed by atoms with Crippen LogP contribution in [-0.2, 0) is 0 Å². The number of nitrogens with zero attached hydrogens (tertiary/aromatic N) is 3. The summed E-state index contributed by atoms with van der Waals surface area (Å²) in [5, 5.41) is 9.32. The number of hydrogen-bond donors (Lipinski definition) is 1. The standard InChI is InChI=1S/C9H12ClN3O/c10-8-5-11-6-9(12-8)13(3-4-14)7-1-2-7/h5-7,14H,1-4H2. The third kappa shape index (κ3) is 2.13. The Morgan fingerprint density at radius 2 is 2.29 bits per heavy atom. The molecular weight excluding hydrogens is 202 g/mol. The van der Waals surface area contributed by atoms with Gasteiger partial charge in [-0.2, -0.15) is 0 Å². The van der Waals surface area contributed by atoms with Gasteiger partial charge in [0.1, 0.15) is 11.0 Å². The number of aromatic nitrogens is 2. The van der Waals surface area contributed by atoms with Crippen molar-refractivity contribution in [3.8, 4) is 0 Å². The predicted molar refractivity (Wildman–Crippen MR) is 54.5 cm³/mol. The lowest BCUT2D eigenvalue weighted by molar-refractivity contribution is 0.301. The number of anilines is 1. The predicted octanol–water partition coefficient (Wildman–Crippen LogP) is 1.09. The molecule has 0 aromatic carbocycles. The zero-order valence-corrected chi connectivity index (χ0v) is 8.48. The molecule has 14 heavy (non-hydrogen) atoms. The number of aliphatic hydroxyl groups is 1. The van der Waals surface area contributed by atoms with Crippen LogP contribution in [0.2, 0.25) is 5.15 Å². The van der Waals surface area contributed by atoms with Gasteiger partial charge < -0.3 is 10.0 Å². The summed E-state index contributed by atoms with van der Waals surface area (Å²) < 4.78 is 0. The fourth-order valence-corrected chi connectivity index (χ4v) is 1.59. The van der Waals surface area contributed by atoms with Crippen LogP contribution in [0.5, 0.6) is 0 Å². The highest BCUT2D eigenvalue weighted by atomic mass is 35.5. The van der Waals surface area contributed by atoms with Crippen LogP contribution in [0, 0.1) is 0 Å². The molecule has 76 valence electrons. The van der Waals surface area contributed by atoms with Crippen LogP contribution < -0.4 is 4.90 Å². The molecule has 1 aromatic rings. The van der Waals surface area contributed by atoms with E-state index in [2.05, 4.69) is 14.9 Å². The molecule has 0 aliphatic heterocycles. The first-order valence-corrected chi connectivity index (χ1v) is 5.04. The van der Waals surface area contributed by atoms with Crippen LogP contribution in [-0.4, -0.2) is 34.3 Å². The smallest absolute Gasteiger partial charge is 0.149 e. The van der Waals surface area contributed by atoms with E-state index in [0.717, 1.165) is 18.7 Å². The van der Waals surface area contributed by atoms with Crippen LogP contribution in [0.15, 0.2) is 12.4 Å². The van der Waals surface area contributed by atoms with Gasteiger partial charge in [0.25, 0.3) is 0 Å². The maximum atomic E-state index is 8.92. The highest BCUT2D eigenvalue weighted by Crippen LogP contribution is 2.30. The zero-order valence-electron chi connectivity index (χ0n) is 7.73. The van der Waals surface area contributed by atoms with E-state index < -0.39 is 0 Å². The summed E-state index contributed by atoms with van der Waals surface area (Å²) in [4.78, 5) is 10.2. The lowest BCUT2D eigenvalue weighted by atomic mass is 10.4. The normalized spacial score (nSPS) is 15.6. The summed E-state index contributed by atoms with van der Waals surface area (Å²) in [6.07, 6.45) is 5.51. The molecule has 0 atom stereocenters. The van der Waals surface area contributed by atoms with Crippen LogP contribution in [0.4, 0.5) is 5.82 Å². The molecule has 0 radical (unpaired) electrons. The van der Waals surface area contributed by atoms with E-state index in [1.807, 2.05) is 0 Å². The molecule has 1 aromatic heterocycles. The Balaban J connectivity index is 2.16. The minimum Gasteiger partial charge on any atom is -0.395 e. The minimum atomic E-state index is 0.130. The highest BCUT2D eigenvalue weighted by molar-refractivity contribution is 6.29. The van der Waals surface area contributed by atoms with Crippen LogP contribution in [0.3, 0.4) is 0 Å². The van der Waals surface area contributed by atoms with E-state index in [9.17, 15) is 0 Å². The lowest BCUT2D eigenvalue weighted by Gasteiger charge is -2.21. The molecule has 0 saturated heterocycles. The van der Waals surface area contributed by atoms with Crippen molar-refractivity contribution < 1.29 is 5.11 Å². The quantitative estimate of drug-likeness (QED) is 0.814. The molecule has 0 unspecified atom stereocenters. The summed E-state index contributed by atoms with van der Waals surface area (Å²) in [7, 11) is 0. The monoisotopic (exact) mass is 213 g/mol. The molecule has 4 nitrogen and oxygen atoms in total. The molecule has 5 heteroatoms. The molecule has 0 bridgehead atoms. The van der Waals surface area contributed by atoms with Gasteiger partial charge in [-0.05, 0) is 12.8 Å². The average molecular weight is 214 g/mol. The fourth-order valence-electron chi connectivity index (χ4n) is 1.45. The van der Waals surface area contributed by atoms with Crippen molar-refractivity contribution in [1.29, 1.82) is 0 Å². The second-order valence-corrected chi connectivity index (χ2v) is 3.74. The first kappa shape index (κ1) is 9.68. The van der Waals surface area contributed by atoms with Crippen molar-refractivity contribution in [1.82, 2.24) is 9.97 Å². The van der Waals surface area contributed by atoms with Gasteiger partial charge in [-0.1, -0.05) is 11.6 Å². The van der Waals surface area contributed by atoms with Crippen molar-refractivity contribution in [3.05, 3.63) is 17.5 Å². The van der Waals surface area contributed by atoms with Gasteiger partial charge in [-0.25, -0.2) is 4.98 Å². The van der Waals surface area contributed by atoms with E-state index in [4.69, 9.17) is 16.7 Å². The van der Waals surface area contributed by atoms with E-state index in [-0.39, 0.29) is 6.61 Å². The Labute approximate surface area is 87.5 Å². The van der Waals surface area contributed by atoms with E-state index in [1.165, 1.54) is 6.20 Å². The van der Waals surface area contributed by atoms with Gasteiger partial charge in [-0.3, -0.25) is 4.98 Å². The molecule has 0 amide bonds. The van der Waals surface area contributed by atoms with Crippen molar-refractivity contribution >= 4 is 17.4 Å². The molecule has 1 N–H and O–H groups in total. The Morgan fingerprint density at radius 3 is 2.86 bits per heavy atom. The summed E-state index contributed by atoms with van der Waals surface area (Å²) >= 11 is 5.75. The van der Waals surface area contributed by atoms with Crippen molar-refractivity contribution in [2.45, 2.75) is 18.9 Å². The number of hydrogen-bond acceptors (Lipinski definition) is 4. The Morgan fingerprint density at radius 1 is 1.50 bits per heavy atom. The number of rotatable bonds is 4. The Kier molecular flexibility index (Phi) is 2.84. The molecule has 2 rings (SSSR count). The molecule has 1 fully saturated rings. The molecular formula is C9H12ClN3O. The van der Waals surface area contributed by atoms with Gasteiger partial charge in [0.2, 0.25) is 0 Å². The van der Waals surface area contributed by atoms with Crippen LogP contribution in [0.25, 0.3) is 0 Å². The molecule has 1 heterocycles. The van der Waals surface area contributed by atoms with E-state index >= 15 is 0 Å². The summed E-state index contributed by atoms with van der Waals surface area (Å²) in [6.45, 7) is 0.727. The largest absolute Gasteiger partial charge is 0.395 e. The number of aliphatic hydroxyl groups excluding tert-OH is 1.